The summed E-state index contributed by atoms with van der Waals surface area (Å²) in [5.74, 6) is 3.25. The van der Waals surface area contributed by atoms with E-state index in [0.717, 1.165) is 37.4 Å². The van der Waals surface area contributed by atoms with Crippen LogP contribution in [0.15, 0.2) is 0 Å². The standard InChI is InChI=1S/C16H28N2O/c1-18(2)4-3-17-11-15(19)16-8-12-5-13(9-16)7-14(6-12)10-16/h12-14,17H,3-11H2,1-2H3/p+2. The van der Waals surface area contributed by atoms with E-state index in [0.29, 0.717) is 5.78 Å². The zero-order valence-electron chi connectivity index (χ0n) is 12.6. The van der Waals surface area contributed by atoms with E-state index in [2.05, 4.69) is 19.4 Å². The summed E-state index contributed by atoms with van der Waals surface area (Å²) in [7, 11) is 4.35. The number of ketones is 1. The van der Waals surface area contributed by atoms with Crippen LogP contribution < -0.4 is 10.2 Å². The van der Waals surface area contributed by atoms with E-state index in [1.165, 1.54) is 43.4 Å². The molecule has 4 rings (SSSR count). The number of likely N-dealkylation sites (N-methyl/N-ethyl adjacent to an activating group) is 1. The highest BCUT2D eigenvalue weighted by Gasteiger charge is 2.54. The van der Waals surface area contributed by atoms with Gasteiger partial charge in [0.2, 0.25) is 0 Å². The summed E-state index contributed by atoms with van der Waals surface area (Å²) in [5, 5.41) is 2.24. The Morgan fingerprint density at radius 1 is 1.11 bits per heavy atom. The molecule has 19 heavy (non-hydrogen) atoms. The molecule has 0 amide bonds. The molecule has 108 valence electrons. The number of carbonyl (C=O) groups excluding carboxylic acids is 1. The van der Waals surface area contributed by atoms with E-state index in [4.69, 9.17) is 0 Å². The number of rotatable bonds is 6. The minimum Gasteiger partial charge on any atom is -0.335 e. The Balaban J connectivity index is 1.54. The lowest BCUT2D eigenvalue weighted by atomic mass is 9.48. The topological polar surface area (TPSA) is 38.1 Å². The predicted octanol–water partition coefficient (Wildman–Crippen LogP) is -0.520. The Bertz CT molecular complexity index is 315. The summed E-state index contributed by atoms with van der Waals surface area (Å²) in [6.07, 6.45) is 7.97. The van der Waals surface area contributed by atoms with E-state index < -0.39 is 0 Å². The number of nitrogens with two attached hydrogens (primary N) is 1. The highest BCUT2D eigenvalue weighted by molar-refractivity contribution is 5.86. The Morgan fingerprint density at radius 2 is 1.63 bits per heavy atom. The van der Waals surface area contributed by atoms with Crippen LogP contribution in [0.4, 0.5) is 0 Å². The number of hydrogen-bond donors (Lipinski definition) is 2. The largest absolute Gasteiger partial charge is 0.335 e. The van der Waals surface area contributed by atoms with Crippen molar-refractivity contribution in [3.8, 4) is 0 Å². The second kappa shape index (κ2) is 5.17. The van der Waals surface area contributed by atoms with Crippen molar-refractivity contribution in [1.82, 2.24) is 0 Å². The van der Waals surface area contributed by atoms with Gasteiger partial charge in [-0.25, -0.2) is 0 Å². The van der Waals surface area contributed by atoms with Crippen LogP contribution in [0.1, 0.15) is 38.5 Å². The van der Waals surface area contributed by atoms with Gasteiger partial charge in [0.25, 0.3) is 0 Å². The first kappa shape index (κ1) is 13.6. The predicted molar refractivity (Wildman–Crippen MR) is 74.9 cm³/mol. The fourth-order valence-corrected chi connectivity index (χ4v) is 5.29. The number of carbonyl (C=O) groups is 1. The zero-order chi connectivity index (χ0) is 13.5. The molecule has 0 atom stereocenters. The molecule has 4 aliphatic rings. The Labute approximate surface area is 117 Å². The lowest BCUT2D eigenvalue weighted by molar-refractivity contribution is -0.873. The van der Waals surface area contributed by atoms with Crippen molar-refractivity contribution in [2.45, 2.75) is 38.5 Å². The monoisotopic (exact) mass is 266 g/mol. The van der Waals surface area contributed by atoms with Crippen LogP contribution in [0.5, 0.6) is 0 Å². The number of hydrogen-bond acceptors (Lipinski definition) is 1. The van der Waals surface area contributed by atoms with Gasteiger partial charge in [-0.05, 0) is 56.3 Å². The average Bonchev–Trinajstić information content (AvgIpc) is 2.32. The summed E-state index contributed by atoms with van der Waals surface area (Å²) in [5.41, 5.74) is 0.121. The maximum atomic E-state index is 12.7. The molecule has 4 bridgehead atoms. The zero-order valence-corrected chi connectivity index (χ0v) is 12.6. The molecule has 4 fully saturated rings. The van der Waals surface area contributed by atoms with E-state index in [1.807, 2.05) is 0 Å². The van der Waals surface area contributed by atoms with Crippen molar-refractivity contribution in [1.29, 1.82) is 0 Å². The summed E-state index contributed by atoms with van der Waals surface area (Å²) >= 11 is 0. The van der Waals surface area contributed by atoms with Gasteiger partial charge >= 0.3 is 0 Å². The first-order chi connectivity index (χ1) is 9.07. The van der Waals surface area contributed by atoms with Crippen molar-refractivity contribution in [2.75, 3.05) is 33.7 Å². The smallest absolute Gasteiger partial charge is 0.192 e. The summed E-state index contributed by atoms with van der Waals surface area (Å²) in [4.78, 5) is 14.2. The molecule has 3 N–H and O–H groups in total. The van der Waals surface area contributed by atoms with Crippen LogP contribution >= 0.6 is 0 Å². The number of nitrogens with one attached hydrogen (secondary N) is 1. The second-order valence-corrected chi connectivity index (χ2v) is 7.86. The van der Waals surface area contributed by atoms with Gasteiger partial charge in [0.05, 0.1) is 14.1 Å². The molecule has 0 aromatic heterocycles. The van der Waals surface area contributed by atoms with E-state index in [9.17, 15) is 4.79 Å². The Hall–Kier alpha value is -0.410. The third kappa shape index (κ3) is 2.73. The van der Waals surface area contributed by atoms with Gasteiger partial charge in [0.15, 0.2) is 5.78 Å². The Morgan fingerprint density at radius 3 is 2.11 bits per heavy atom. The van der Waals surface area contributed by atoms with Crippen molar-refractivity contribution in [2.24, 2.45) is 23.2 Å². The highest BCUT2D eigenvalue weighted by Crippen LogP contribution is 2.60. The van der Waals surface area contributed by atoms with E-state index in [1.54, 1.807) is 0 Å². The molecule has 0 saturated heterocycles. The number of Topliss-reactive ketones (excluding diaryl/α,β-unsaturated/α-hetero) is 1. The van der Waals surface area contributed by atoms with Crippen LogP contribution in [0.3, 0.4) is 0 Å². The molecule has 0 heterocycles. The minimum atomic E-state index is 0.121. The average molecular weight is 266 g/mol. The third-order valence-corrected chi connectivity index (χ3v) is 5.81. The van der Waals surface area contributed by atoms with Crippen LogP contribution in [-0.4, -0.2) is 39.5 Å². The van der Waals surface area contributed by atoms with Crippen LogP contribution in [0.2, 0.25) is 0 Å². The van der Waals surface area contributed by atoms with Crippen LogP contribution in [0, 0.1) is 23.2 Å². The molecule has 3 nitrogen and oxygen atoms in total. The van der Waals surface area contributed by atoms with Gasteiger partial charge in [-0.2, -0.15) is 0 Å². The van der Waals surface area contributed by atoms with Gasteiger partial charge in [0, 0.05) is 5.41 Å². The third-order valence-electron chi connectivity index (χ3n) is 5.81. The molecule has 0 spiro atoms. The molecule has 0 unspecified atom stereocenters. The molecular weight excluding hydrogens is 236 g/mol. The molecule has 4 saturated carbocycles. The Kier molecular flexibility index (Phi) is 3.69. The molecule has 3 heteroatoms. The molecule has 4 aliphatic carbocycles. The minimum absolute atomic E-state index is 0.121. The fraction of sp³-hybridized carbons (Fsp3) is 0.938. The SMILES string of the molecule is C[NH+](C)CC[NH2+]CC(=O)C12CC3CC(CC(C3)C1)C2. The van der Waals surface area contributed by atoms with Crippen LogP contribution in [-0.2, 0) is 4.79 Å². The van der Waals surface area contributed by atoms with Crippen molar-refractivity contribution < 1.29 is 15.0 Å². The second-order valence-electron chi connectivity index (χ2n) is 7.86. The van der Waals surface area contributed by atoms with Gasteiger partial charge in [-0.1, -0.05) is 0 Å². The van der Waals surface area contributed by atoms with Gasteiger partial charge in [0.1, 0.15) is 19.6 Å². The number of quaternary nitrogens is 2. The first-order valence-electron chi connectivity index (χ1n) is 8.21. The van der Waals surface area contributed by atoms with Crippen molar-refractivity contribution in [3.63, 3.8) is 0 Å². The lowest BCUT2D eigenvalue weighted by Gasteiger charge is -2.55. The molecule has 0 aromatic carbocycles. The van der Waals surface area contributed by atoms with Gasteiger partial charge in [-0.3, -0.25) is 4.79 Å². The van der Waals surface area contributed by atoms with Gasteiger partial charge < -0.3 is 10.2 Å². The molecule has 0 radical (unpaired) electrons. The van der Waals surface area contributed by atoms with Crippen LogP contribution in [0.25, 0.3) is 0 Å². The maximum Gasteiger partial charge on any atom is 0.192 e. The maximum absolute atomic E-state index is 12.7. The summed E-state index contributed by atoms with van der Waals surface area (Å²) in [6, 6.07) is 0. The fourth-order valence-electron chi connectivity index (χ4n) is 5.29. The quantitative estimate of drug-likeness (QED) is 0.624. The van der Waals surface area contributed by atoms with Crippen molar-refractivity contribution >= 4 is 5.78 Å². The molecule has 0 aromatic rings. The van der Waals surface area contributed by atoms with E-state index >= 15 is 0 Å². The van der Waals surface area contributed by atoms with Crippen molar-refractivity contribution in [3.05, 3.63) is 0 Å². The van der Waals surface area contributed by atoms with E-state index in [-0.39, 0.29) is 5.41 Å². The molecular formula is C16H30N2O+2. The lowest BCUT2D eigenvalue weighted by Crippen LogP contribution is -3.09. The summed E-state index contributed by atoms with van der Waals surface area (Å²) < 4.78 is 0. The van der Waals surface area contributed by atoms with Gasteiger partial charge in [-0.15, -0.1) is 0 Å². The highest BCUT2D eigenvalue weighted by atomic mass is 16.1. The molecule has 0 aliphatic heterocycles. The summed E-state index contributed by atoms with van der Waals surface area (Å²) in [6.45, 7) is 2.97. The first-order valence-corrected chi connectivity index (χ1v) is 8.21. The normalized spacial score (nSPS) is 40.1.